The van der Waals surface area contributed by atoms with Crippen LogP contribution >= 0.6 is 0 Å². The van der Waals surface area contributed by atoms with Gasteiger partial charge in [-0.3, -0.25) is 0 Å². The average Bonchev–Trinajstić information content (AvgIpc) is 2.98. The van der Waals surface area contributed by atoms with Crippen LogP contribution in [0.4, 0.5) is 13.2 Å². The number of rotatable bonds is 6. The molecule has 0 spiro atoms. The van der Waals surface area contributed by atoms with Gasteiger partial charge in [0.15, 0.2) is 0 Å². The Morgan fingerprint density at radius 2 is 1.80 bits per heavy atom. The van der Waals surface area contributed by atoms with Gasteiger partial charge in [0.2, 0.25) is 0 Å². The van der Waals surface area contributed by atoms with Crippen LogP contribution in [0.2, 0.25) is 0 Å². The molecule has 3 fully saturated rings. The van der Waals surface area contributed by atoms with E-state index in [0.29, 0.717) is 18.0 Å². The largest absolute Gasteiger partial charge is 0.658 e. The number of alkyl halides is 3. The van der Waals surface area contributed by atoms with Crippen LogP contribution in [0.5, 0.6) is 0 Å². The quantitative estimate of drug-likeness (QED) is 0.709. The number of likely N-dealkylation sites (tertiary alicyclic amines) is 1. The topological polar surface area (TPSA) is 17.3 Å². The van der Waals surface area contributed by atoms with Gasteiger partial charge in [-0.25, -0.2) is 0 Å². The Morgan fingerprint density at radius 3 is 2.48 bits per heavy atom. The summed E-state index contributed by atoms with van der Waals surface area (Å²) in [6, 6.07) is 5.55. The van der Waals surface area contributed by atoms with Gasteiger partial charge < -0.3 is 10.2 Å². The third-order valence-corrected chi connectivity index (χ3v) is 6.33. The fraction of sp³-hybridized carbons (Fsp3) is 0.700. The van der Waals surface area contributed by atoms with E-state index in [9.17, 15) is 13.2 Å². The lowest BCUT2D eigenvalue weighted by atomic mass is 10.1. The normalized spacial score (nSPS) is 30.0. The number of hydrogen-bond donors (Lipinski definition) is 0. The molecule has 0 bridgehead atoms. The summed E-state index contributed by atoms with van der Waals surface area (Å²) in [4.78, 5) is 2.63. The molecule has 0 amide bonds. The zero-order valence-electron chi connectivity index (χ0n) is 14.5. The Kier molecular flexibility index (Phi) is 4.80. The van der Waals surface area contributed by atoms with Gasteiger partial charge in [-0.1, -0.05) is 42.5 Å². The number of piperidine rings is 1. The first-order valence-electron chi connectivity index (χ1n) is 9.52. The molecule has 4 rings (SSSR count). The van der Waals surface area contributed by atoms with Crippen molar-refractivity contribution in [2.45, 2.75) is 38.4 Å². The Bertz CT molecular complexity index is 583. The Hall–Kier alpha value is -1.07. The van der Waals surface area contributed by atoms with E-state index >= 15 is 0 Å². The molecule has 1 aromatic rings. The molecule has 0 N–H and O–H groups in total. The smallest absolute Gasteiger partial charge is 0.416 e. The zero-order valence-corrected chi connectivity index (χ0v) is 14.5. The molecular weight excluding hydrogens is 325 g/mol. The average molecular weight is 351 g/mol. The fourth-order valence-corrected chi connectivity index (χ4v) is 4.90. The molecule has 2 nitrogen and oxygen atoms in total. The third kappa shape index (κ3) is 4.03. The summed E-state index contributed by atoms with van der Waals surface area (Å²) in [7, 11) is 0. The lowest BCUT2D eigenvalue weighted by Gasteiger charge is -2.25. The predicted octanol–water partition coefficient (Wildman–Crippen LogP) is 4.95. The summed E-state index contributed by atoms with van der Waals surface area (Å²) >= 11 is 0. The van der Waals surface area contributed by atoms with E-state index in [1.54, 1.807) is 6.07 Å². The molecule has 138 valence electrons. The second-order valence-electron chi connectivity index (χ2n) is 8.12. The second-order valence-corrected chi connectivity index (χ2v) is 8.12. The van der Waals surface area contributed by atoms with Crippen LogP contribution in [0.15, 0.2) is 24.3 Å². The van der Waals surface area contributed by atoms with Crippen LogP contribution in [0.3, 0.4) is 0 Å². The van der Waals surface area contributed by atoms with Crippen LogP contribution in [0.25, 0.3) is 5.32 Å². The maximum Gasteiger partial charge on any atom is 0.416 e. The first-order valence-corrected chi connectivity index (χ1v) is 9.52. The minimum absolute atomic E-state index is 0.394. The molecular formula is C20H26F3N2-. The zero-order chi connectivity index (χ0) is 17.4. The van der Waals surface area contributed by atoms with Crippen molar-refractivity contribution in [3.63, 3.8) is 0 Å². The summed E-state index contributed by atoms with van der Waals surface area (Å²) < 4.78 is 38.2. The van der Waals surface area contributed by atoms with Crippen LogP contribution in [0, 0.1) is 23.7 Å². The van der Waals surface area contributed by atoms with Crippen molar-refractivity contribution < 1.29 is 13.2 Å². The van der Waals surface area contributed by atoms with E-state index < -0.39 is 11.7 Å². The molecule has 2 aliphatic carbocycles. The molecule has 3 aliphatic rings. The van der Waals surface area contributed by atoms with Gasteiger partial charge in [-0.15, -0.1) is 13.1 Å². The summed E-state index contributed by atoms with van der Waals surface area (Å²) in [5, 5.41) is 4.55. The standard InChI is InChI=1S/C20H26F3N2/c21-20(22,23)16-7-3-6-15(8-16)9-24-10-17-18-12-25(13-19(17)18)11-14-4-1-2-5-14/h3,6-8,14,17-19H,1-2,4-5,9-13H2/q-1. The van der Waals surface area contributed by atoms with Gasteiger partial charge in [-0.05, 0) is 36.7 Å². The van der Waals surface area contributed by atoms with E-state index in [2.05, 4.69) is 10.2 Å². The SMILES string of the molecule is FC(F)(F)c1cccc(C[N-]CC2C3CN(CC4CCCC4)CC23)c1. The Morgan fingerprint density at radius 1 is 1.08 bits per heavy atom. The van der Waals surface area contributed by atoms with Crippen molar-refractivity contribution in [2.24, 2.45) is 23.7 Å². The molecule has 1 aromatic carbocycles. The molecule has 1 heterocycles. The Balaban J connectivity index is 1.18. The van der Waals surface area contributed by atoms with Gasteiger partial charge in [0.05, 0.1) is 5.56 Å². The van der Waals surface area contributed by atoms with Gasteiger partial charge in [-0.2, -0.15) is 13.2 Å². The third-order valence-electron chi connectivity index (χ3n) is 6.33. The molecule has 25 heavy (non-hydrogen) atoms. The van der Waals surface area contributed by atoms with Gasteiger partial charge in [0.25, 0.3) is 0 Å². The first kappa shape index (κ1) is 17.3. The summed E-state index contributed by atoms with van der Waals surface area (Å²) in [5.41, 5.74) is 0.0783. The van der Waals surface area contributed by atoms with Crippen LogP contribution in [0.1, 0.15) is 36.8 Å². The van der Waals surface area contributed by atoms with Crippen LogP contribution in [-0.2, 0) is 12.7 Å². The lowest BCUT2D eigenvalue weighted by Crippen LogP contribution is -2.29. The minimum atomic E-state index is -4.27. The molecule has 2 unspecified atom stereocenters. The maximum absolute atomic E-state index is 12.7. The van der Waals surface area contributed by atoms with Crippen molar-refractivity contribution >= 4 is 0 Å². The summed E-state index contributed by atoms with van der Waals surface area (Å²) in [5.74, 6) is 3.16. The molecule has 1 saturated heterocycles. The van der Waals surface area contributed by atoms with E-state index in [1.807, 2.05) is 0 Å². The number of hydrogen-bond acceptors (Lipinski definition) is 1. The molecule has 2 atom stereocenters. The minimum Gasteiger partial charge on any atom is -0.658 e. The molecule has 1 aliphatic heterocycles. The number of halogens is 3. The van der Waals surface area contributed by atoms with Crippen molar-refractivity contribution in [1.29, 1.82) is 0 Å². The molecule has 5 heteroatoms. The van der Waals surface area contributed by atoms with Gasteiger partial charge in [0.1, 0.15) is 0 Å². The molecule has 0 aromatic heterocycles. The monoisotopic (exact) mass is 351 g/mol. The second kappa shape index (κ2) is 6.92. The summed E-state index contributed by atoms with van der Waals surface area (Å²) in [6.45, 7) is 4.91. The molecule has 2 saturated carbocycles. The van der Waals surface area contributed by atoms with E-state index in [4.69, 9.17) is 0 Å². The highest BCUT2D eigenvalue weighted by atomic mass is 19.4. The van der Waals surface area contributed by atoms with Crippen LogP contribution in [-0.4, -0.2) is 31.1 Å². The van der Waals surface area contributed by atoms with E-state index in [-0.39, 0.29) is 0 Å². The highest BCUT2D eigenvalue weighted by Gasteiger charge is 2.53. The van der Waals surface area contributed by atoms with Crippen molar-refractivity contribution in [3.05, 3.63) is 40.7 Å². The number of benzene rings is 1. The van der Waals surface area contributed by atoms with E-state index in [0.717, 1.165) is 30.4 Å². The summed E-state index contributed by atoms with van der Waals surface area (Å²) in [6.07, 6.45) is 1.35. The number of nitrogens with zero attached hydrogens (tertiary/aromatic N) is 2. The highest BCUT2D eigenvalue weighted by molar-refractivity contribution is 5.27. The van der Waals surface area contributed by atoms with Gasteiger partial charge >= 0.3 is 6.18 Å². The van der Waals surface area contributed by atoms with Crippen LogP contribution < -0.4 is 0 Å². The first-order chi connectivity index (χ1) is 12.0. The Labute approximate surface area is 147 Å². The fourth-order valence-electron chi connectivity index (χ4n) is 4.90. The maximum atomic E-state index is 12.7. The van der Waals surface area contributed by atoms with E-state index in [1.165, 1.54) is 57.5 Å². The van der Waals surface area contributed by atoms with Crippen molar-refractivity contribution in [3.8, 4) is 0 Å². The highest BCUT2D eigenvalue weighted by Crippen LogP contribution is 2.52. The van der Waals surface area contributed by atoms with Crippen molar-refractivity contribution in [2.75, 3.05) is 26.2 Å². The predicted molar refractivity (Wildman–Crippen MR) is 92.2 cm³/mol. The molecule has 0 radical (unpaired) electrons. The van der Waals surface area contributed by atoms with Gasteiger partial charge in [0, 0.05) is 19.6 Å². The van der Waals surface area contributed by atoms with Crippen molar-refractivity contribution in [1.82, 2.24) is 4.90 Å². The number of fused-ring (bicyclic) bond motifs is 1. The lowest BCUT2D eigenvalue weighted by molar-refractivity contribution is -0.137.